The van der Waals surface area contributed by atoms with Gasteiger partial charge in [-0.1, -0.05) is 0 Å². The van der Waals surface area contributed by atoms with Gasteiger partial charge in [-0.2, -0.15) is 5.26 Å². The molecule has 0 amide bonds. The number of nitro benzene ring substituents is 1. The van der Waals surface area contributed by atoms with Crippen LogP contribution in [0, 0.1) is 28.4 Å². The lowest BCUT2D eigenvalue weighted by Gasteiger charge is -2.12. The summed E-state index contributed by atoms with van der Waals surface area (Å²) in [5.41, 5.74) is 0.402. The summed E-state index contributed by atoms with van der Waals surface area (Å²) in [5.74, 6) is 1.55. The van der Waals surface area contributed by atoms with Crippen molar-refractivity contribution in [3.63, 3.8) is 0 Å². The molecular weight excluding hydrogens is 258 g/mol. The van der Waals surface area contributed by atoms with Gasteiger partial charge in [0.2, 0.25) is 0 Å². The average molecular weight is 271 g/mol. The Hall–Kier alpha value is -2.81. The third-order valence-corrected chi connectivity index (χ3v) is 2.89. The second-order valence-corrected chi connectivity index (χ2v) is 4.42. The van der Waals surface area contributed by atoms with Crippen LogP contribution >= 0.6 is 0 Å². The summed E-state index contributed by atoms with van der Waals surface area (Å²) in [6.07, 6.45) is 0. The van der Waals surface area contributed by atoms with Gasteiger partial charge >= 0.3 is 0 Å². The van der Waals surface area contributed by atoms with Crippen molar-refractivity contribution in [2.75, 3.05) is 5.32 Å². The molecule has 102 valence electrons. The van der Waals surface area contributed by atoms with Crippen LogP contribution in [0.3, 0.4) is 0 Å². The minimum Gasteiger partial charge on any atom is -0.464 e. The Morgan fingerprint density at radius 2 is 2.15 bits per heavy atom. The maximum Gasteiger partial charge on any atom is 0.289 e. The number of nitrogens with zero attached hydrogens (tertiary/aromatic N) is 2. The summed E-state index contributed by atoms with van der Waals surface area (Å²) in [6, 6.07) is 9.80. The zero-order chi connectivity index (χ0) is 14.7. The first-order chi connectivity index (χ1) is 9.51. The predicted octanol–water partition coefficient (Wildman–Crippen LogP) is 3.54. The maximum absolute atomic E-state index is 10.9. The van der Waals surface area contributed by atoms with E-state index >= 15 is 0 Å². The molecule has 2 aromatic rings. The molecule has 2 rings (SSSR count). The number of nitrogens with one attached hydrogen (secondary N) is 1. The Labute approximate surface area is 115 Å². The van der Waals surface area contributed by atoms with Gasteiger partial charge in [-0.05, 0) is 38.1 Å². The van der Waals surface area contributed by atoms with E-state index in [0.29, 0.717) is 5.69 Å². The topological polar surface area (TPSA) is 92.1 Å². The zero-order valence-electron chi connectivity index (χ0n) is 11.1. The number of benzene rings is 1. The fourth-order valence-electron chi connectivity index (χ4n) is 1.87. The van der Waals surface area contributed by atoms with Crippen LogP contribution < -0.4 is 5.32 Å². The van der Waals surface area contributed by atoms with Gasteiger partial charge in [0.05, 0.1) is 11.0 Å². The first-order valence-electron chi connectivity index (χ1n) is 6.02. The SMILES string of the molecule is Cc1ccc(C(C)Nc2ccc(C#N)c([N+](=O)[O-])c2)o1. The van der Waals surface area contributed by atoms with Crippen molar-refractivity contribution < 1.29 is 9.34 Å². The summed E-state index contributed by atoms with van der Waals surface area (Å²) in [6.45, 7) is 3.74. The highest BCUT2D eigenvalue weighted by atomic mass is 16.6. The van der Waals surface area contributed by atoms with E-state index in [1.807, 2.05) is 26.0 Å². The molecule has 0 aliphatic heterocycles. The Balaban J connectivity index is 2.24. The third-order valence-electron chi connectivity index (χ3n) is 2.89. The monoisotopic (exact) mass is 271 g/mol. The minimum atomic E-state index is -0.564. The number of anilines is 1. The lowest BCUT2D eigenvalue weighted by molar-refractivity contribution is -0.385. The number of rotatable bonds is 4. The van der Waals surface area contributed by atoms with E-state index in [-0.39, 0.29) is 17.3 Å². The second-order valence-electron chi connectivity index (χ2n) is 4.42. The van der Waals surface area contributed by atoms with Gasteiger partial charge in [-0.25, -0.2) is 0 Å². The Morgan fingerprint density at radius 3 is 2.70 bits per heavy atom. The van der Waals surface area contributed by atoms with Crippen molar-refractivity contribution in [3.8, 4) is 6.07 Å². The molecule has 0 radical (unpaired) electrons. The summed E-state index contributed by atoms with van der Waals surface area (Å²) < 4.78 is 5.49. The normalized spacial score (nSPS) is 11.7. The molecule has 1 heterocycles. The van der Waals surface area contributed by atoms with Gasteiger partial charge in [-0.15, -0.1) is 0 Å². The Bertz CT molecular complexity index is 685. The summed E-state index contributed by atoms with van der Waals surface area (Å²) in [5, 5.41) is 22.8. The molecule has 0 fully saturated rings. The van der Waals surface area contributed by atoms with Crippen LogP contribution in [0.15, 0.2) is 34.7 Å². The molecule has 0 saturated heterocycles. The van der Waals surface area contributed by atoms with E-state index in [1.165, 1.54) is 12.1 Å². The number of hydrogen-bond donors (Lipinski definition) is 1. The number of nitro groups is 1. The first-order valence-corrected chi connectivity index (χ1v) is 6.02. The number of furan rings is 1. The van der Waals surface area contributed by atoms with Gasteiger partial charge in [0.25, 0.3) is 5.69 Å². The van der Waals surface area contributed by atoms with Gasteiger partial charge in [0.1, 0.15) is 23.2 Å². The van der Waals surface area contributed by atoms with Crippen LogP contribution in [-0.4, -0.2) is 4.92 Å². The molecule has 0 spiro atoms. The molecule has 0 aliphatic carbocycles. The largest absolute Gasteiger partial charge is 0.464 e. The Morgan fingerprint density at radius 1 is 1.40 bits per heavy atom. The molecule has 20 heavy (non-hydrogen) atoms. The molecule has 6 nitrogen and oxygen atoms in total. The average Bonchev–Trinajstić information content (AvgIpc) is 2.85. The minimum absolute atomic E-state index is 0.0436. The van der Waals surface area contributed by atoms with Crippen molar-refractivity contribution in [1.29, 1.82) is 5.26 Å². The van der Waals surface area contributed by atoms with Crippen LogP contribution in [0.1, 0.15) is 30.0 Å². The van der Waals surface area contributed by atoms with E-state index < -0.39 is 4.92 Å². The molecule has 1 aromatic heterocycles. The predicted molar refractivity (Wildman–Crippen MR) is 73.3 cm³/mol. The molecule has 0 saturated carbocycles. The van der Waals surface area contributed by atoms with Crippen LogP contribution in [0.2, 0.25) is 0 Å². The van der Waals surface area contributed by atoms with Crippen LogP contribution in [-0.2, 0) is 0 Å². The third kappa shape index (κ3) is 2.78. The molecule has 0 bridgehead atoms. The molecule has 6 heteroatoms. The van der Waals surface area contributed by atoms with Gasteiger partial charge in [0, 0.05) is 11.8 Å². The van der Waals surface area contributed by atoms with E-state index in [2.05, 4.69) is 5.32 Å². The van der Waals surface area contributed by atoms with Crippen molar-refractivity contribution >= 4 is 11.4 Å². The van der Waals surface area contributed by atoms with Crippen LogP contribution in [0.25, 0.3) is 0 Å². The van der Waals surface area contributed by atoms with E-state index in [4.69, 9.17) is 9.68 Å². The lowest BCUT2D eigenvalue weighted by atomic mass is 10.1. The zero-order valence-corrected chi connectivity index (χ0v) is 11.1. The number of aryl methyl sites for hydroxylation is 1. The molecule has 1 atom stereocenters. The van der Waals surface area contributed by atoms with Gasteiger partial charge < -0.3 is 9.73 Å². The summed E-state index contributed by atoms with van der Waals surface area (Å²) >= 11 is 0. The fraction of sp³-hybridized carbons (Fsp3) is 0.214. The Kier molecular flexibility index (Phi) is 3.71. The van der Waals surface area contributed by atoms with Crippen molar-refractivity contribution in [2.45, 2.75) is 19.9 Å². The second kappa shape index (κ2) is 5.45. The highest BCUT2D eigenvalue weighted by Crippen LogP contribution is 2.26. The van der Waals surface area contributed by atoms with E-state index in [1.54, 1.807) is 12.1 Å². The maximum atomic E-state index is 10.9. The van der Waals surface area contributed by atoms with Crippen molar-refractivity contribution in [3.05, 3.63) is 57.5 Å². The molecule has 1 unspecified atom stereocenters. The van der Waals surface area contributed by atoms with Gasteiger partial charge in [0.15, 0.2) is 0 Å². The molecular formula is C14H13N3O3. The van der Waals surface area contributed by atoms with Crippen molar-refractivity contribution in [2.24, 2.45) is 0 Å². The molecule has 1 aromatic carbocycles. The van der Waals surface area contributed by atoms with E-state index in [0.717, 1.165) is 11.5 Å². The lowest BCUT2D eigenvalue weighted by Crippen LogP contribution is -2.06. The standard InChI is InChI=1S/C14H13N3O3/c1-9-3-6-14(20-9)10(2)16-12-5-4-11(8-15)13(7-12)17(18)19/h3-7,10,16H,1-2H3. The van der Waals surface area contributed by atoms with Crippen LogP contribution in [0.4, 0.5) is 11.4 Å². The summed E-state index contributed by atoms with van der Waals surface area (Å²) in [4.78, 5) is 10.3. The quantitative estimate of drug-likeness (QED) is 0.678. The fourth-order valence-corrected chi connectivity index (χ4v) is 1.87. The first kappa shape index (κ1) is 13.6. The number of hydrogen-bond acceptors (Lipinski definition) is 5. The molecule has 0 aliphatic rings. The molecule has 1 N–H and O–H groups in total. The van der Waals surface area contributed by atoms with Crippen LogP contribution in [0.5, 0.6) is 0 Å². The van der Waals surface area contributed by atoms with Crippen molar-refractivity contribution in [1.82, 2.24) is 0 Å². The highest BCUT2D eigenvalue weighted by molar-refractivity contribution is 5.59. The summed E-state index contributed by atoms with van der Waals surface area (Å²) in [7, 11) is 0. The van der Waals surface area contributed by atoms with E-state index in [9.17, 15) is 10.1 Å². The number of nitriles is 1. The smallest absolute Gasteiger partial charge is 0.289 e. The van der Waals surface area contributed by atoms with Gasteiger partial charge in [-0.3, -0.25) is 10.1 Å². The highest BCUT2D eigenvalue weighted by Gasteiger charge is 2.16.